The molecule has 0 aliphatic heterocycles. The van der Waals surface area contributed by atoms with Crippen molar-refractivity contribution >= 4 is 5.91 Å². The predicted molar refractivity (Wildman–Crippen MR) is 89.3 cm³/mol. The van der Waals surface area contributed by atoms with E-state index in [4.69, 9.17) is 4.74 Å². The smallest absolute Gasteiger partial charge is 0.254 e. The second-order valence-corrected chi connectivity index (χ2v) is 4.73. The summed E-state index contributed by atoms with van der Waals surface area (Å²) >= 11 is 0. The highest BCUT2D eigenvalue weighted by Crippen LogP contribution is 2.21. The Bertz CT molecular complexity index is 622. The molecule has 1 amide bonds. The minimum atomic E-state index is -0.0499. The van der Waals surface area contributed by atoms with Gasteiger partial charge in [0.1, 0.15) is 11.5 Å². The first-order valence-electron chi connectivity index (χ1n) is 7.08. The number of hydrogen-bond acceptors (Lipinski definition) is 2. The standard InChI is InChI=1S/C19H19NO2/c1-3-14-20(15-4-2)19(21)16-10-12-18(13-11-16)22-17-8-6-5-7-9-17/h3-13H,1-2,14-15H2. The van der Waals surface area contributed by atoms with Gasteiger partial charge >= 0.3 is 0 Å². The van der Waals surface area contributed by atoms with E-state index in [9.17, 15) is 4.79 Å². The zero-order valence-corrected chi connectivity index (χ0v) is 12.4. The summed E-state index contributed by atoms with van der Waals surface area (Å²) in [4.78, 5) is 14.1. The lowest BCUT2D eigenvalue weighted by molar-refractivity contribution is 0.0791. The molecule has 0 radical (unpaired) electrons. The molecular weight excluding hydrogens is 274 g/mol. The lowest BCUT2D eigenvalue weighted by Gasteiger charge is -2.19. The summed E-state index contributed by atoms with van der Waals surface area (Å²) in [5.74, 6) is 1.41. The summed E-state index contributed by atoms with van der Waals surface area (Å²) in [7, 11) is 0. The summed E-state index contributed by atoms with van der Waals surface area (Å²) in [6.07, 6.45) is 3.41. The van der Waals surface area contributed by atoms with Gasteiger partial charge < -0.3 is 9.64 Å². The van der Waals surface area contributed by atoms with Gasteiger partial charge in [0.15, 0.2) is 0 Å². The molecule has 22 heavy (non-hydrogen) atoms. The molecule has 2 rings (SSSR count). The molecule has 0 aromatic heterocycles. The van der Waals surface area contributed by atoms with Crippen molar-refractivity contribution < 1.29 is 9.53 Å². The maximum Gasteiger partial charge on any atom is 0.254 e. The number of benzene rings is 2. The molecule has 0 saturated heterocycles. The molecule has 3 heteroatoms. The Hall–Kier alpha value is -2.81. The van der Waals surface area contributed by atoms with Crippen molar-refractivity contribution in [1.29, 1.82) is 0 Å². The van der Waals surface area contributed by atoms with Gasteiger partial charge in [-0.15, -0.1) is 13.2 Å². The predicted octanol–water partition coefficient (Wildman–Crippen LogP) is 4.29. The van der Waals surface area contributed by atoms with Crippen molar-refractivity contribution in [2.75, 3.05) is 13.1 Å². The number of carbonyl (C=O) groups excluding carboxylic acids is 1. The Morgan fingerprint density at radius 2 is 1.45 bits per heavy atom. The van der Waals surface area contributed by atoms with E-state index in [0.717, 1.165) is 5.75 Å². The first-order valence-corrected chi connectivity index (χ1v) is 7.08. The molecule has 0 aliphatic rings. The van der Waals surface area contributed by atoms with E-state index in [1.807, 2.05) is 30.3 Å². The molecule has 0 spiro atoms. The van der Waals surface area contributed by atoms with E-state index < -0.39 is 0 Å². The third-order valence-electron chi connectivity index (χ3n) is 3.07. The van der Waals surface area contributed by atoms with Crippen LogP contribution in [0.3, 0.4) is 0 Å². The fourth-order valence-electron chi connectivity index (χ4n) is 2.02. The zero-order chi connectivity index (χ0) is 15.8. The molecule has 0 N–H and O–H groups in total. The molecule has 112 valence electrons. The Morgan fingerprint density at radius 3 is 2.00 bits per heavy atom. The monoisotopic (exact) mass is 293 g/mol. The number of para-hydroxylation sites is 1. The first kappa shape index (κ1) is 15.6. The number of nitrogens with zero attached hydrogens (tertiary/aromatic N) is 1. The molecule has 2 aromatic carbocycles. The lowest BCUT2D eigenvalue weighted by atomic mass is 10.2. The van der Waals surface area contributed by atoms with E-state index in [-0.39, 0.29) is 5.91 Å². The van der Waals surface area contributed by atoms with Gasteiger partial charge in [-0.25, -0.2) is 0 Å². The molecule has 0 aliphatic carbocycles. The van der Waals surface area contributed by atoms with Gasteiger partial charge in [0.2, 0.25) is 0 Å². The molecular formula is C19H19NO2. The van der Waals surface area contributed by atoms with Crippen LogP contribution < -0.4 is 4.74 Å². The molecule has 0 atom stereocenters. The van der Waals surface area contributed by atoms with Crippen LogP contribution in [0.1, 0.15) is 10.4 Å². The van der Waals surface area contributed by atoms with Crippen molar-refractivity contribution in [3.63, 3.8) is 0 Å². The molecule has 2 aromatic rings. The highest BCUT2D eigenvalue weighted by atomic mass is 16.5. The van der Waals surface area contributed by atoms with Crippen molar-refractivity contribution in [2.45, 2.75) is 0 Å². The third-order valence-corrected chi connectivity index (χ3v) is 3.07. The lowest BCUT2D eigenvalue weighted by Crippen LogP contribution is -2.31. The molecule has 0 bridgehead atoms. The van der Waals surface area contributed by atoms with E-state index >= 15 is 0 Å². The Morgan fingerprint density at radius 1 is 0.909 bits per heavy atom. The molecule has 0 fully saturated rings. The Kier molecular flexibility index (Phi) is 5.55. The summed E-state index contributed by atoms with van der Waals surface area (Å²) in [6, 6.07) is 16.6. The van der Waals surface area contributed by atoms with Crippen LogP contribution in [0.2, 0.25) is 0 Å². The van der Waals surface area contributed by atoms with Crippen LogP contribution >= 0.6 is 0 Å². The van der Waals surface area contributed by atoms with Crippen molar-refractivity contribution in [3.05, 3.63) is 85.5 Å². The van der Waals surface area contributed by atoms with E-state index in [2.05, 4.69) is 13.2 Å². The number of carbonyl (C=O) groups is 1. The quantitative estimate of drug-likeness (QED) is 0.713. The highest BCUT2D eigenvalue weighted by molar-refractivity contribution is 5.94. The van der Waals surface area contributed by atoms with Crippen LogP contribution in [-0.2, 0) is 0 Å². The van der Waals surface area contributed by atoms with Crippen molar-refractivity contribution in [1.82, 2.24) is 4.90 Å². The van der Waals surface area contributed by atoms with Gasteiger partial charge in [-0.1, -0.05) is 30.4 Å². The van der Waals surface area contributed by atoms with Gasteiger partial charge in [-0.3, -0.25) is 4.79 Å². The Labute approximate surface area is 131 Å². The zero-order valence-electron chi connectivity index (χ0n) is 12.4. The highest BCUT2D eigenvalue weighted by Gasteiger charge is 2.13. The first-order chi connectivity index (χ1) is 10.7. The maximum atomic E-state index is 12.4. The largest absolute Gasteiger partial charge is 0.457 e. The summed E-state index contributed by atoms with van der Waals surface area (Å²) in [6.45, 7) is 8.33. The normalized spacial score (nSPS) is 9.82. The van der Waals surface area contributed by atoms with Gasteiger partial charge in [-0.05, 0) is 36.4 Å². The van der Waals surface area contributed by atoms with Gasteiger partial charge in [0.25, 0.3) is 5.91 Å². The van der Waals surface area contributed by atoms with Crippen LogP contribution in [0.15, 0.2) is 79.9 Å². The Balaban J connectivity index is 2.08. The molecule has 0 saturated carbocycles. The average Bonchev–Trinajstić information content (AvgIpc) is 2.56. The van der Waals surface area contributed by atoms with Gasteiger partial charge in [-0.2, -0.15) is 0 Å². The third kappa shape index (κ3) is 4.09. The van der Waals surface area contributed by atoms with E-state index in [1.54, 1.807) is 41.3 Å². The average molecular weight is 293 g/mol. The maximum absolute atomic E-state index is 12.4. The van der Waals surface area contributed by atoms with Crippen LogP contribution in [0.4, 0.5) is 0 Å². The van der Waals surface area contributed by atoms with Crippen LogP contribution in [0.25, 0.3) is 0 Å². The van der Waals surface area contributed by atoms with E-state index in [1.165, 1.54) is 0 Å². The SMILES string of the molecule is C=CCN(CC=C)C(=O)c1ccc(Oc2ccccc2)cc1. The topological polar surface area (TPSA) is 29.5 Å². The van der Waals surface area contributed by atoms with Crippen LogP contribution in [0, 0.1) is 0 Å². The second kappa shape index (κ2) is 7.84. The summed E-state index contributed by atoms with van der Waals surface area (Å²) in [5.41, 5.74) is 0.615. The van der Waals surface area contributed by atoms with Crippen LogP contribution in [-0.4, -0.2) is 23.9 Å². The minimum absolute atomic E-state index is 0.0499. The fourth-order valence-corrected chi connectivity index (χ4v) is 2.02. The summed E-state index contributed by atoms with van der Waals surface area (Å²) in [5, 5.41) is 0. The molecule has 3 nitrogen and oxygen atoms in total. The molecule has 0 heterocycles. The van der Waals surface area contributed by atoms with Gasteiger partial charge in [0.05, 0.1) is 0 Å². The van der Waals surface area contributed by atoms with Crippen molar-refractivity contribution in [3.8, 4) is 11.5 Å². The van der Waals surface area contributed by atoms with E-state index in [0.29, 0.717) is 24.4 Å². The number of amides is 1. The second-order valence-electron chi connectivity index (χ2n) is 4.73. The summed E-state index contributed by atoms with van der Waals surface area (Å²) < 4.78 is 5.71. The number of ether oxygens (including phenoxy) is 1. The fraction of sp³-hybridized carbons (Fsp3) is 0.105. The van der Waals surface area contributed by atoms with Crippen molar-refractivity contribution in [2.24, 2.45) is 0 Å². The number of hydrogen-bond donors (Lipinski definition) is 0. The number of rotatable bonds is 7. The van der Waals surface area contributed by atoms with Gasteiger partial charge in [0, 0.05) is 18.7 Å². The molecule has 0 unspecified atom stereocenters. The minimum Gasteiger partial charge on any atom is -0.457 e. The van der Waals surface area contributed by atoms with Crippen LogP contribution in [0.5, 0.6) is 11.5 Å².